The van der Waals surface area contributed by atoms with Crippen molar-refractivity contribution in [2.24, 2.45) is 0 Å². The van der Waals surface area contributed by atoms with Crippen LogP contribution in [0.25, 0.3) is 0 Å². The molecule has 0 saturated carbocycles. The average Bonchev–Trinajstić information content (AvgIpc) is 2.51. The molecular formula is C15H29NO6Si. The van der Waals surface area contributed by atoms with Crippen LogP contribution in [-0.4, -0.2) is 59.5 Å². The Morgan fingerprint density at radius 1 is 1.04 bits per heavy atom. The lowest BCUT2D eigenvalue weighted by Crippen LogP contribution is -2.46. The van der Waals surface area contributed by atoms with E-state index in [1.165, 1.54) is 0 Å². The van der Waals surface area contributed by atoms with Gasteiger partial charge in [-0.25, -0.2) is 4.79 Å². The minimum Gasteiger partial charge on any atom is -0.448 e. The van der Waals surface area contributed by atoms with Crippen molar-refractivity contribution in [3.05, 3.63) is 0 Å². The molecule has 0 aliphatic carbocycles. The number of rotatable bonds is 13. The van der Waals surface area contributed by atoms with Gasteiger partial charge in [-0.3, -0.25) is 4.84 Å². The van der Waals surface area contributed by atoms with E-state index in [0.717, 1.165) is 5.06 Å². The van der Waals surface area contributed by atoms with Gasteiger partial charge in [0.25, 0.3) is 0 Å². The molecule has 0 aliphatic rings. The Kier molecular flexibility index (Phi) is 12.7. The van der Waals surface area contributed by atoms with E-state index in [0.29, 0.717) is 38.8 Å². The highest BCUT2D eigenvalue weighted by Gasteiger charge is 2.40. The Labute approximate surface area is 140 Å². The minimum absolute atomic E-state index is 0.00374. The van der Waals surface area contributed by atoms with Gasteiger partial charge in [0.05, 0.1) is 13.2 Å². The maximum Gasteiger partial charge on any atom is 0.500 e. The fourth-order valence-corrected chi connectivity index (χ4v) is 4.55. The molecule has 23 heavy (non-hydrogen) atoms. The summed E-state index contributed by atoms with van der Waals surface area (Å²) in [6.07, 6.45) is 5.20. The molecule has 0 fully saturated rings. The lowest BCUT2D eigenvalue weighted by Gasteiger charge is -2.29. The molecule has 0 rings (SSSR count). The fourth-order valence-electron chi connectivity index (χ4n) is 1.96. The van der Waals surface area contributed by atoms with Crippen LogP contribution in [0.5, 0.6) is 0 Å². The van der Waals surface area contributed by atoms with Crippen LogP contribution in [0.2, 0.25) is 6.04 Å². The van der Waals surface area contributed by atoms with Crippen molar-refractivity contribution >= 4 is 14.9 Å². The van der Waals surface area contributed by atoms with Gasteiger partial charge in [-0.15, -0.1) is 6.42 Å². The molecule has 0 atom stereocenters. The molecule has 1 amide bonds. The second-order valence-corrected chi connectivity index (χ2v) is 7.10. The number of amides is 1. The molecular weight excluding hydrogens is 318 g/mol. The van der Waals surface area contributed by atoms with Gasteiger partial charge >= 0.3 is 14.9 Å². The second kappa shape index (κ2) is 13.3. The lowest BCUT2D eigenvalue weighted by atomic mass is 10.5. The SMILES string of the molecule is C#CCON(CCC[Si](OCC)(OCC)OCC)C(=O)OCC. The van der Waals surface area contributed by atoms with Gasteiger partial charge in [-0.2, -0.15) is 5.06 Å². The number of carbonyl (C=O) groups is 1. The summed E-state index contributed by atoms with van der Waals surface area (Å²) < 4.78 is 22.2. The number of terminal acetylenes is 1. The summed E-state index contributed by atoms with van der Waals surface area (Å²) >= 11 is 0. The third kappa shape index (κ3) is 8.93. The summed E-state index contributed by atoms with van der Waals surface area (Å²) in [4.78, 5) is 17.0. The van der Waals surface area contributed by atoms with Gasteiger partial charge in [-0.1, -0.05) is 5.92 Å². The van der Waals surface area contributed by atoms with Crippen molar-refractivity contribution in [3.8, 4) is 12.3 Å². The number of carbonyl (C=O) groups excluding carboxylic acids is 1. The van der Waals surface area contributed by atoms with Crippen molar-refractivity contribution < 1.29 is 27.6 Å². The van der Waals surface area contributed by atoms with Crippen LogP contribution in [0.3, 0.4) is 0 Å². The molecule has 0 bridgehead atoms. The summed E-state index contributed by atoms with van der Waals surface area (Å²) in [7, 11) is -2.72. The molecule has 0 unspecified atom stereocenters. The van der Waals surface area contributed by atoms with Gasteiger partial charge in [-0.05, 0) is 34.1 Å². The summed E-state index contributed by atoms with van der Waals surface area (Å²) in [5.74, 6) is 2.33. The first-order chi connectivity index (χ1) is 11.1. The Morgan fingerprint density at radius 2 is 1.61 bits per heavy atom. The molecule has 0 saturated heterocycles. The molecule has 0 aromatic heterocycles. The first kappa shape index (κ1) is 21.9. The van der Waals surface area contributed by atoms with E-state index in [4.69, 9.17) is 29.3 Å². The first-order valence-electron chi connectivity index (χ1n) is 8.01. The van der Waals surface area contributed by atoms with Crippen molar-refractivity contribution in [3.63, 3.8) is 0 Å². The Hall–Kier alpha value is -1.11. The van der Waals surface area contributed by atoms with E-state index in [-0.39, 0.29) is 13.2 Å². The number of nitrogens with zero attached hydrogens (tertiary/aromatic N) is 1. The number of hydrogen-bond donors (Lipinski definition) is 0. The van der Waals surface area contributed by atoms with E-state index < -0.39 is 14.9 Å². The van der Waals surface area contributed by atoms with Gasteiger partial charge < -0.3 is 18.0 Å². The highest BCUT2D eigenvalue weighted by atomic mass is 28.4. The standard InChI is InChI=1S/C15H29NO6Si/c1-6-13-19-16(15(17)18-7-2)12-11-14-23(20-8-3,21-9-4)22-10-5/h1H,7-14H2,2-5H3. The second-order valence-electron chi connectivity index (χ2n) is 4.36. The van der Waals surface area contributed by atoms with Crippen molar-refractivity contribution in [1.82, 2.24) is 5.06 Å². The van der Waals surface area contributed by atoms with Crippen LogP contribution in [0.4, 0.5) is 4.79 Å². The third-order valence-corrected chi connectivity index (χ3v) is 5.86. The normalized spacial score (nSPS) is 11.1. The Morgan fingerprint density at radius 3 is 2.04 bits per heavy atom. The highest BCUT2D eigenvalue weighted by molar-refractivity contribution is 6.60. The molecule has 8 heteroatoms. The zero-order valence-corrected chi connectivity index (χ0v) is 15.6. The smallest absolute Gasteiger partial charge is 0.448 e. The summed E-state index contributed by atoms with van der Waals surface area (Å²) in [5, 5.41) is 1.13. The van der Waals surface area contributed by atoms with Gasteiger partial charge in [0, 0.05) is 25.9 Å². The first-order valence-corrected chi connectivity index (χ1v) is 9.94. The lowest BCUT2D eigenvalue weighted by molar-refractivity contribution is -0.123. The minimum atomic E-state index is -2.72. The topological polar surface area (TPSA) is 66.5 Å². The van der Waals surface area contributed by atoms with Gasteiger partial charge in [0.15, 0.2) is 0 Å². The van der Waals surface area contributed by atoms with Crippen molar-refractivity contribution in [2.75, 3.05) is 39.6 Å². The van der Waals surface area contributed by atoms with E-state index in [2.05, 4.69) is 5.92 Å². The fraction of sp³-hybridized carbons (Fsp3) is 0.800. The molecule has 0 aromatic rings. The van der Waals surface area contributed by atoms with E-state index in [1.54, 1.807) is 6.92 Å². The summed E-state index contributed by atoms with van der Waals surface area (Å²) in [6, 6.07) is 0.581. The Bertz CT molecular complexity index is 343. The Balaban J connectivity index is 4.65. The monoisotopic (exact) mass is 347 g/mol. The van der Waals surface area contributed by atoms with Gasteiger partial charge in [0.2, 0.25) is 0 Å². The zero-order chi connectivity index (χ0) is 17.6. The van der Waals surface area contributed by atoms with E-state index in [9.17, 15) is 4.79 Å². The molecule has 134 valence electrons. The van der Waals surface area contributed by atoms with E-state index >= 15 is 0 Å². The van der Waals surface area contributed by atoms with Crippen molar-refractivity contribution in [1.29, 1.82) is 0 Å². The predicted octanol–water partition coefficient (Wildman–Crippen LogP) is 2.45. The molecule has 0 aromatic carbocycles. The molecule has 0 spiro atoms. The highest BCUT2D eigenvalue weighted by Crippen LogP contribution is 2.18. The molecule has 0 radical (unpaired) electrons. The van der Waals surface area contributed by atoms with Crippen LogP contribution in [-0.2, 0) is 22.9 Å². The molecule has 0 N–H and O–H groups in total. The van der Waals surface area contributed by atoms with Crippen LogP contribution in [0, 0.1) is 12.3 Å². The third-order valence-electron chi connectivity index (χ3n) is 2.71. The van der Waals surface area contributed by atoms with Crippen LogP contribution < -0.4 is 0 Å². The summed E-state index contributed by atoms with van der Waals surface area (Å²) in [5.41, 5.74) is 0. The van der Waals surface area contributed by atoms with Gasteiger partial charge in [0.1, 0.15) is 6.61 Å². The predicted molar refractivity (Wildman–Crippen MR) is 88.6 cm³/mol. The molecule has 0 heterocycles. The zero-order valence-electron chi connectivity index (χ0n) is 14.6. The van der Waals surface area contributed by atoms with Crippen molar-refractivity contribution in [2.45, 2.75) is 40.2 Å². The average molecular weight is 347 g/mol. The maximum absolute atomic E-state index is 11.8. The molecule has 7 nitrogen and oxygen atoms in total. The van der Waals surface area contributed by atoms with Crippen LogP contribution in [0.15, 0.2) is 0 Å². The van der Waals surface area contributed by atoms with E-state index in [1.807, 2.05) is 20.8 Å². The number of hydrogen-bond acceptors (Lipinski definition) is 6. The quantitative estimate of drug-likeness (QED) is 0.290. The maximum atomic E-state index is 11.8. The largest absolute Gasteiger partial charge is 0.500 e. The molecule has 0 aliphatic heterocycles. The van der Waals surface area contributed by atoms with Crippen LogP contribution in [0.1, 0.15) is 34.1 Å². The van der Waals surface area contributed by atoms with Crippen LogP contribution >= 0.6 is 0 Å². The number of hydroxylamine groups is 2. The summed E-state index contributed by atoms with van der Waals surface area (Å²) in [6.45, 7) is 9.58. The number of ether oxygens (including phenoxy) is 1.